The summed E-state index contributed by atoms with van der Waals surface area (Å²) in [5.74, 6) is 0.740. The Balaban J connectivity index is 1.67. The topological polar surface area (TPSA) is 129 Å². The van der Waals surface area contributed by atoms with E-state index in [2.05, 4.69) is 87.8 Å². The molecule has 5 N–H and O–H groups in total. The molecule has 0 radical (unpaired) electrons. The van der Waals surface area contributed by atoms with Gasteiger partial charge in [-0.25, -0.2) is 4.39 Å². The predicted octanol–water partition coefficient (Wildman–Crippen LogP) is 6.84. The molecule has 0 spiro atoms. The normalized spacial score (nSPS) is 13.9. The maximum atomic E-state index is 13.9. The molecule has 0 bridgehead atoms. The first-order valence-electron chi connectivity index (χ1n) is 14.8. The van der Waals surface area contributed by atoms with Crippen LogP contribution in [0.5, 0.6) is 11.5 Å². The zero-order chi connectivity index (χ0) is 32.2. The van der Waals surface area contributed by atoms with Gasteiger partial charge in [0.15, 0.2) is 5.82 Å². The number of carbonyl (C=O) groups excluding carboxylic acids is 1. The summed E-state index contributed by atoms with van der Waals surface area (Å²) in [6, 6.07) is 14.6. The van der Waals surface area contributed by atoms with Gasteiger partial charge in [0, 0.05) is 23.1 Å². The van der Waals surface area contributed by atoms with Gasteiger partial charge in [0.2, 0.25) is 11.9 Å². The Labute approximate surface area is 258 Å². The summed E-state index contributed by atoms with van der Waals surface area (Å²) in [5, 5.41) is 3.03. The monoisotopic (exact) mass is 596 g/mol. The quantitative estimate of drug-likeness (QED) is 0.230. The Morgan fingerprint density at radius 1 is 0.864 bits per heavy atom. The Kier molecular flexibility index (Phi) is 7.64. The van der Waals surface area contributed by atoms with Crippen molar-refractivity contribution in [2.24, 2.45) is 0 Å². The number of fused-ring (bicyclic) bond motifs is 2. The summed E-state index contributed by atoms with van der Waals surface area (Å²) in [6.07, 6.45) is 0.488. The summed E-state index contributed by atoms with van der Waals surface area (Å²) in [5.41, 5.74) is 16.7. The molecule has 0 atom stereocenters. The number of amides is 1. The Hall–Kier alpha value is -4.53. The number of hydrogen-bond acceptors (Lipinski definition) is 7. The van der Waals surface area contributed by atoms with Crippen molar-refractivity contribution in [2.45, 2.75) is 78.1 Å². The van der Waals surface area contributed by atoms with Crippen molar-refractivity contribution in [1.29, 1.82) is 0 Å². The van der Waals surface area contributed by atoms with Crippen molar-refractivity contribution in [3.05, 3.63) is 87.7 Å². The van der Waals surface area contributed by atoms with E-state index in [1.807, 2.05) is 18.2 Å². The molecule has 0 fully saturated rings. The first-order valence-corrected chi connectivity index (χ1v) is 14.8. The molecule has 0 saturated heterocycles. The van der Waals surface area contributed by atoms with Gasteiger partial charge in [0.1, 0.15) is 17.3 Å². The van der Waals surface area contributed by atoms with Gasteiger partial charge in [0.05, 0.1) is 11.1 Å². The fraction of sp³-hybridized carbons (Fsp3) is 0.371. The number of aromatic nitrogens is 3. The molecule has 8 nitrogen and oxygen atoms in total. The van der Waals surface area contributed by atoms with Gasteiger partial charge < -0.3 is 21.5 Å². The minimum Gasteiger partial charge on any atom is -0.455 e. The maximum absolute atomic E-state index is 13.9. The smallest absolute Gasteiger partial charge is 0.255 e. The molecule has 5 rings (SSSR count). The van der Waals surface area contributed by atoms with Crippen molar-refractivity contribution < 1.29 is 13.9 Å². The Morgan fingerprint density at radius 2 is 1.45 bits per heavy atom. The second kappa shape index (κ2) is 10.9. The van der Waals surface area contributed by atoms with E-state index in [0.29, 0.717) is 41.4 Å². The lowest BCUT2D eigenvalue weighted by Crippen LogP contribution is -2.31. The fourth-order valence-corrected chi connectivity index (χ4v) is 5.49. The van der Waals surface area contributed by atoms with E-state index >= 15 is 0 Å². The van der Waals surface area contributed by atoms with Crippen LogP contribution in [0.15, 0.2) is 48.5 Å². The highest BCUT2D eigenvalue weighted by molar-refractivity contribution is 5.98. The largest absolute Gasteiger partial charge is 0.455 e. The third kappa shape index (κ3) is 5.96. The van der Waals surface area contributed by atoms with Crippen LogP contribution in [-0.2, 0) is 22.7 Å². The lowest BCUT2D eigenvalue weighted by molar-refractivity contribution is 0.0951. The van der Waals surface area contributed by atoms with E-state index in [0.717, 1.165) is 27.8 Å². The number of rotatable bonds is 5. The standard InChI is InChI=1S/C35H41FN6O2/c1-33(2,3)20-15-23(29-40-31(37)42-32(38)41-29)27-25(17-20)35(7,8)26-18-21(34(4,5)6)16-24(28(26)44-27)30(43)39-13-12-19-10-9-11-22(36)14-19/h9-11,14-18H,12-13H2,1-8H3,(H,39,43)(H4,37,38,40,41,42). The molecule has 1 aromatic heterocycles. The molecule has 1 aliphatic heterocycles. The van der Waals surface area contributed by atoms with Crippen LogP contribution >= 0.6 is 0 Å². The summed E-state index contributed by atoms with van der Waals surface area (Å²) < 4.78 is 20.5. The number of anilines is 2. The van der Waals surface area contributed by atoms with Crippen LogP contribution < -0.4 is 21.5 Å². The van der Waals surface area contributed by atoms with E-state index in [-0.39, 0.29) is 34.5 Å². The number of hydrogen-bond donors (Lipinski definition) is 3. The maximum Gasteiger partial charge on any atom is 0.255 e. The first kappa shape index (κ1) is 30.9. The number of nitrogens with zero attached hydrogens (tertiary/aromatic N) is 3. The minimum atomic E-state index is -0.569. The van der Waals surface area contributed by atoms with Crippen molar-refractivity contribution in [3.63, 3.8) is 0 Å². The summed E-state index contributed by atoms with van der Waals surface area (Å²) in [7, 11) is 0. The van der Waals surface area contributed by atoms with E-state index < -0.39 is 5.41 Å². The lowest BCUT2D eigenvalue weighted by atomic mass is 9.70. The van der Waals surface area contributed by atoms with Crippen LogP contribution in [-0.4, -0.2) is 27.4 Å². The molecule has 0 unspecified atom stereocenters. The molecule has 0 saturated carbocycles. The van der Waals surface area contributed by atoms with Crippen molar-refractivity contribution in [3.8, 4) is 22.9 Å². The van der Waals surface area contributed by atoms with E-state index in [4.69, 9.17) is 16.2 Å². The van der Waals surface area contributed by atoms with Gasteiger partial charge in [-0.15, -0.1) is 0 Å². The second-order valence-corrected chi connectivity index (χ2v) is 14.0. The molecule has 9 heteroatoms. The SMILES string of the molecule is CC(C)(C)c1cc(C(=O)NCCc2cccc(F)c2)c2c(c1)C(C)(C)c1cc(C(C)(C)C)cc(-c3nc(N)nc(N)n3)c1O2. The molecular formula is C35H41FN6O2. The number of carbonyl (C=O) groups is 1. The summed E-state index contributed by atoms with van der Waals surface area (Å²) >= 11 is 0. The average Bonchev–Trinajstić information content (AvgIpc) is 2.90. The number of nitrogens with one attached hydrogen (secondary N) is 1. The van der Waals surface area contributed by atoms with Crippen LogP contribution in [0.1, 0.15) is 93.6 Å². The first-order chi connectivity index (χ1) is 20.4. The van der Waals surface area contributed by atoms with E-state index in [9.17, 15) is 9.18 Å². The highest BCUT2D eigenvalue weighted by Crippen LogP contribution is 2.54. The number of ether oxygens (including phenoxy) is 1. The zero-order valence-corrected chi connectivity index (χ0v) is 26.7. The van der Waals surface area contributed by atoms with Crippen LogP contribution in [0, 0.1) is 5.82 Å². The number of nitrogens with two attached hydrogens (primary N) is 2. The van der Waals surface area contributed by atoms with Crippen molar-refractivity contribution in [2.75, 3.05) is 18.0 Å². The fourth-order valence-electron chi connectivity index (χ4n) is 5.49. The van der Waals surface area contributed by atoms with Crippen molar-refractivity contribution in [1.82, 2.24) is 20.3 Å². The summed E-state index contributed by atoms with van der Waals surface area (Å²) in [4.78, 5) is 26.6. The third-order valence-corrected chi connectivity index (χ3v) is 8.20. The number of halogens is 1. The van der Waals surface area contributed by atoms with Crippen LogP contribution in [0.4, 0.5) is 16.3 Å². The molecule has 3 aromatic carbocycles. The van der Waals surface area contributed by atoms with E-state index in [1.54, 1.807) is 6.07 Å². The molecule has 230 valence electrons. The van der Waals surface area contributed by atoms with Crippen LogP contribution in [0.25, 0.3) is 11.4 Å². The zero-order valence-electron chi connectivity index (χ0n) is 26.7. The van der Waals surface area contributed by atoms with Gasteiger partial charge in [-0.3, -0.25) is 4.79 Å². The van der Waals surface area contributed by atoms with Gasteiger partial charge in [0.25, 0.3) is 5.91 Å². The molecule has 0 aliphatic carbocycles. The van der Waals surface area contributed by atoms with E-state index in [1.165, 1.54) is 12.1 Å². The van der Waals surface area contributed by atoms with Gasteiger partial charge >= 0.3 is 0 Å². The molecule has 44 heavy (non-hydrogen) atoms. The molecular weight excluding hydrogens is 555 g/mol. The van der Waals surface area contributed by atoms with Crippen molar-refractivity contribution >= 4 is 17.8 Å². The Morgan fingerprint density at radius 3 is 2.05 bits per heavy atom. The van der Waals surface area contributed by atoms with Gasteiger partial charge in [-0.05, 0) is 58.2 Å². The predicted molar refractivity (Wildman–Crippen MR) is 173 cm³/mol. The summed E-state index contributed by atoms with van der Waals surface area (Å²) in [6.45, 7) is 17.4. The number of nitrogen functional groups attached to an aromatic ring is 2. The van der Waals surface area contributed by atoms with Gasteiger partial charge in [-0.1, -0.05) is 79.7 Å². The lowest BCUT2D eigenvalue weighted by Gasteiger charge is -2.38. The number of benzene rings is 3. The molecule has 4 aromatic rings. The molecule has 2 heterocycles. The third-order valence-electron chi connectivity index (χ3n) is 8.20. The highest BCUT2D eigenvalue weighted by atomic mass is 19.1. The average molecular weight is 597 g/mol. The molecule has 1 aliphatic rings. The van der Waals surface area contributed by atoms with Gasteiger partial charge in [-0.2, -0.15) is 15.0 Å². The minimum absolute atomic E-state index is 0.00562. The van der Waals surface area contributed by atoms with Crippen LogP contribution in [0.2, 0.25) is 0 Å². The van der Waals surface area contributed by atoms with Crippen LogP contribution in [0.3, 0.4) is 0 Å². The second-order valence-electron chi connectivity index (χ2n) is 14.0. The molecule has 1 amide bonds. The Bertz CT molecular complexity index is 1750. The highest BCUT2D eigenvalue weighted by Gasteiger charge is 2.40.